The fourth-order valence-electron chi connectivity index (χ4n) is 0.896. The van der Waals surface area contributed by atoms with Crippen LogP contribution in [0.15, 0.2) is 34.1 Å². The van der Waals surface area contributed by atoms with Crippen LogP contribution in [0.25, 0.3) is 0 Å². The van der Waals surface area contributed by atoms with Gasteiger partial charge in [-0.25, -0.2) is 0 Å². The van der Waals surface area contributed by atoms with E-state index < -0.39 is 0 Å². The van der Waals surface area contributed by atoms with Gasteiger partial charge >= 0.3 is 0 Å². The third kappa shape index (κ3) is 2.44. The lowest BCUT2D eigenvalue weighted by atomic mass is 10.4. The average molecular weight is 198 g/mol. The van der Waals surface area contributed by atoms with Gasteiger partial charge in [0.2, 0.25) is 0 Å². The number of thiol groups is 1. The molecular formula is C9H10OS2. The summed E-state index contributed by atoms with van der Waals surface area (Å²) in [6.45, 7) is 0.942. The van der Waals surface area contributed by atoms with Crippen LogP contribution in [0.4, 0.5) is 0 Å². The van der Waals surface area contributed by atoms with Gasteiger partial charge in [0.15, 0.2) is 0 Å². The van der Waals surface area contributed by atoms with E-state index in [9.17, 15) is 0 Å². The van der Waals surface area contributed by atoms with Crippen molar-refractivity contribution in [2.75, 3.05) is 12.4 Å². The van der Waals surface area contributed by atoms with E-state index in [4.69, 9.17) is 4.74 Å². The molecule has 0 N–H and O–H groups in total. The molecule has 1 saturated heterocycles. The van der Waals surface area contributed by atoms with E-state index in [0.29, 0.717) is 6.10 Å². The van der Waals surface area contributed by atoms with Crippen molar-refractivity contribution >= 4 is 24.4 Å². The predicted molar refractivity (Wildman–Crippen MR) is 54.2 cm³/mol. The minimum absolute atomic E-state index is 0.505. The van der Waals surface area contributed by atoms with Crippen molar-refractivity contribution < 1.29 is 4.74 Å². The van der Waals surface area contributed by atoms with Crippen molar-refractivity contribution in [2.45, 2.75) is 15.9 Å². The quantitative estimate of drug-likeness (QED) is 0.455. The Morgan fingerprint density at radius 1 is 1.42 bits per heavy atom. The molecule has 1 unspecified atom stereocenters. The Hall–Kier alpha value is -0.120. The van der Waals surface area contributed by atoms with Crippen LogP contribution in [0, 0.1) is 0 Å². The lowest BCUT2D eigenvalue weighted by Gasteiger charge is -1.98. The second-order valence-corrected chi connectivity index (χ2v) is 4.37. The van der Waals surface area contributed by atoms with Crippen LogP contribution >= 0.6 is 24.4 Å². The molecule has 1 aromatic carbocycles. The molecule has 3 heteroatoms. The maximum absolute atomic E-state index is 5.12. The number of rotatable bonds is 3. The Balaban J connectivity index is 1.89. The van der Waals surface area contributed by atoms with Gasteiger partial charge in [-0.2, -0.15) is 0 Å². The molecule has 1 fully saturated rings. The number of benzene rings is 1. The molecule has 0 bridgehead atoms. The molecule has 0 saturated carbocycles. The van der Waals surface area contributed by atoms with Gasteiger partial charge in [0, 0.05) is 15.5 Å². The molecule has 0 amide bonds. The molecule has 1 aromatic rings. The van der Waals surface area contributed by atoms with E-state index >= 15 is 0 Å². The molecule has 1 aliphatic heterocycles. The summed E-state index contributed by atoms with van der Waals surface area (Å²) in [7, 11) is 0. The molecule has 0 aliphatic carbocycles. The maximum atomic E-state index is 5.12. The maximum Gasteiger partial charge on any atom is 0.0903 e. The van der Waals surface area contributed by atoms with Crippen LogP contribution in [0.2, 0.25) is 0 Å². The normalized spacial score (nSPS) is 20.9. The molecular weight excluding hydrogens is 188 g/mol. The van der Waals surface area contributed by atoms with Gasteiger partial charge < -0.3 is 4.74 Å². The van der Waals surface area contributed by atoms with Crippen molar-refractivity contribution in [3.8, 4) is 0 Å². The lowest BCUT2D eigenvalue weighted by molar-refractivity contribution is 0.426. The first kappa shape index (κ1) is 8.48. The fraction of sp³-hybridized carbons (Fsp3) is 0.333. The summed E-state index contributed by atoms with van der Waals surface area (Å²) in [5.74, 6) is 1.08. The smallest absolute Gasteiger partial charge is 0.0903 e. The van der Waals surface area contributed by atoms with Crippen molar-refractivity contribution in [2.24, 2.45) is 0 Å². The summed E-state index contributed by atoms with van der Waals surface area (Å²) >= 11 is 6.06. The van der Waals surface area contributed by atoms with Crippen molar-refractivity contribution in [1.29, 1.82) is 0 Å². The van der Waals surface area contributed by atoms with E-state index in [0.717, 1.165) is 17.3 Å². The van der Waals surface area contributed by atoms with E-state index in [1.54, 1.807) is 0 Å². The predicted octanol–water partition coefficient (Wildman–Crippen LogP) is 2.47. The van der Waals surface area contributed by atoms with Crippen LogP contribution in [0.3, 0.4) is 0 Å². The second-order valence-electron chi connectivity index (χ2n) is 2.76. The van der Waals surface area contributed by atoms with Crippen LogP contribution in [0.5, 0.6) is 0 Å². The molecule has 0 radical (unpaired) electrons. The fourth-order valence-corrected chi connectivity index (χ4v) is 1.94. The molecule has 64 valence electrons. The zero-order chi connectivity index (χ0) is 8.39. The summed E-state index contributed by atoms with van der Waals surface area (Å²) < 4.78 is 5.12. The minimum Gasteiger partial charge on any atom is -0.372 e. The molecule has 1 aliphatic rings. The number of ether oxygens (including phenoxy) is 1. The summed E-state index contributed by atoms with van der Waals surface area (Å²) in [5, 5.41) is 0. The third-order valence-corrected chi connectivity index (χ3v) is 3.12. The highest BCUT2D eigenvalue weighted by atomic mass is 32.2. The second kappa shape index (κ2) is 3.73. The Morgan fingerprint density at radius 3 is 2.67 bits per heavy atom. The van der Waals surface area contributed by atoms with Crippen molar-refractivity contribution in [3.05, 3.63) is 24.3 Å². The number of thioether (sulfide) groups is 1. The van der Waals surface area contributed by atoms with E-state index in [1.807, 2.05) is 23.9 Å². The lowest BCUT2D eigenvalue weighted by Crippen LogP contribution is -1.87. The van der Waals surface area contributed by atoms with Gasteiger partial charge in [-0.3, -0.25) is 0 Å². The zero-order valence-electron chi connectivity index (χ0n) is 6.56. The highest BCUT2D eigenvalue weighted by molar-refractivity contribution is 7.99. The number of epoxide rings is 1. The van der Waals surface area contributed by atoms with Crippen molar-refractivity contribution in [1.82, 2.24) is 0 Å². The number of hydrogen-bond acceptors (Lipinski definition) is 3. The van der Waals surface area contributed by atoms with E-state index in [2.05, 4.69) is 24.8 Å². The van der Waals surface area contributed by atoms with Gasteiger partial charge in [-0.05, 0) is 24.3 Å². The monoisotopic (exact) mass is 198 g/mol. The first-order chi connectivity index (χ1) is 5.84. The Labute approximate surface area is 81.9 Å². The van der Waals surface area contributed by atoms with Crippen LogP contribution in [-0.4, -0.2) is 18.5 Å². The highest BCUT2D eigenvalue weighted by Crippen LogP contribution is 2.24. The minimum atomic E-state index is 0.505. The van der Waals surface area contributed by atoms with Gasteiger partial charge in [-0.1, -0.05) is 0 Å². The highest BCUT2D eigenvalue weighted by Gasteiger charge is 2.21. The summed E-state index contributed by atoms with van der Waals surface area (Å²) in [6, 6.07) is 8.21. The van der Waals surface area contributed by atoms with Crippen LogP contribution in [0.1, 0.15) is 0 Å². The van der Waals surface area contributed by atoms with Gasteiger partial charge in [0.25, 0.3) is 0 Å². The van der Waals surface area contributed by atoms with E-state index in [-0.39, 0.29) is 0 Å². The van der Waals surface area contributed by atoms with Gasteiger partial charge in [0.05, 0.1) is 12.7 Å². The summed E-state index contributed by atoms with van der Waals surface area (Å²) in [4.78, 5) is 2.31. The first-order valence-electron chi connectivity index (χ1n) is 3.88. The Bertz CT molecular complexity index is 254. The van der Waals surface area contributed by atoms with Gasteiger partial charge in [0.1, 0.15) is 0 Å². The SMILES string of the molecule is Sc1ccc(SCC2CO2)cc1. The largest absolute Gasteiger partial charge is 0.372 e. The Morgan fingerprint density at radius 2 is 2.08 bits per heavy atom. The average Bonchev–Trinajstić information content (AvgIpc) is 2.87. The molecule has 12 heavy (non-hydrogen) atoms. The molecule has 1 atom stereocenters. The Kier molecular flexibility index (Phi) is 2.63. The summed E-state index contributed by atoms with van der Waals surface area (Å²) in [5.41, 5.74) is 0. The molecule has 0 aromatic heterocycles. The molecule has 0 spiro atoms. The van der Waals surface area contributed by atoms with Gasteiger partial charge in [-0.15, -0.1) is 24.4 Å². The third-order valence-electron chi connectivity index (χ3n) is 1.67. The molecule has 1 heterocycles. The first-order valence-corrected chi connectivity index (χ1v) is 5.31. The van der Waals surface area contributed by atoms with E-state index in [1.165, 1.54) is 4.90 Å². The topological polar surface area (TPSA) is 12.5 Å². The zero-order valence-corrected chi connectivity index (χ0v) is 8.28. The molecule has 2 rings (SSSR count). The molecule has 1 nitrogen and oxygen atoms in total. The summed E-state index contributed by atoms with van der Waals surface area (Å²) in [6.07, 6.45) is 0.505. The van der Waals surface area contributed by atoms with Crippen molar-refractivity contribution in [3.63, 3.8) is 0 Å². The number of hydrogen-bond donors (Lipinski definition) is 1. The van der Waals surface area contributed by atoms with Crippen LogP contribution < -0.4 is 0 Å². The standard InChI is InChI=1S/C9H10OS2/c11-8-1-3-9(4-2-8)12-6-7-5-10-7/h1-4,7,11H,5-6H2. The van der Waals surface area contributed by atoms with Crippen LogP contribution in [-0.2, 0) is 4.74 Å².